The average molecular weight is 347 g/mol. The molecule has 126 valence electrons. The van der Waals surface area contributed by atoms with Crippen LogP contribution in [0.3, 0.4) is 0 Å². The maximum absolute atomic E-state index is 12.5. The van der Waals surface area contributed by atoms with Gasteiger partial charge in [0.1, 0.15) is 5.75 Å². The van der Waals surface area contributed by atoms with Crippen LogP contribution in [0.5, 0.6) is 5.75 Å². The molecule has 0 aliphatic rings. The van der Waals surface area contributed by atoms with Crippen molar-refractivity contribution in [1.29, 1.82) is 0 Å². The van der Waals surface area contributed by atoms with E-state index in [1.807, 2.05) is 0 Å². The van der Waals surface area contributed by atoms with Gasteiger partial charge in [0.2, 0.25) is 5.91 Å². The summed E-state index contributed by atoms with van der Waals surface area (Å²) in [6.07, 6.45) is 0. The zero-order valence-corrected chi connectivity index (χ0v) is 14.5. The van der Waals surface area contributed by atoms with E-state index in [1.165, 1.54) is 6.92 Å². The van der Waals surface area contributed by atoms with Crippen LogP contribution in [0.25, 0.3) is 0 Å². The van der Waals surface area contributed by atoms with E-state index in [1.54, 1.807) is 62.4 Å². The van der Waals surface area contributed by atoms with Gasteiger partial charge >= 0.3 is 0 Å². The van der Waals surface area contributed by atoms with Crippen molar-refractivity contribution in [3.8, 4) is 5.75 Å². The highest BCUT2D eigenvalue weighted by Gasteiger charge is 2.30. The van der Waals surface area contributed by atoms with Crippen LogP contribution in [0.2, 0.25) is 5.02 Å². The van der Waals surface area contributed by atoms with E-state index < -0.39 is 5.60 Å². The standard InChI is InChI=1S/C18H19ClN2O3/c1-12(22)20-14-5-4-6-15(11-14)21-17(23)18(2,3)24-16-9-7-13(19)8-10-16/h4-11H,1-3H3,(H,20,22)(H,21,23). The fourth-order valence-corrected chi connectivity index (χ4v) is 2.13. The molecule has 0 aliphatic heterocycles. The summed E-state index contributed by atoms with van der Waals surface area (Å²) < 4.78 is 5.75. The number of nitrogens with one attached hydrogen (secondary N) is 2. The van der Waals surface area contributed by atoms with Crippen molar-refractivity contribution in [3.05, 3.63) is 53.6 Å². The van der Waals surface area contributed by atoms with E-state index in [2.05, 4.69) is 10.6 Å². The highest BCUT2D eigenvalue weighted by atomic mass is 35.5. The normalized spacial score (nSPS) is 10.8. The topological polar surface area (TPSA) is 67.4 Å². The molecule has 0 saturated carbocycles. The molecule has 0 spiro atoms. The molecule has 2 aromatic carbocycles. The van der Waals surface area contributed by atoms with E-state index in [-0.39, 0.29) is 11.8 Å². The Morgan fingerprint density at radius 3 is 2.17 bits per heavy atom. The number of rotatable bonds is 5. The van der Waals surface area contributed by atoms with Crippen molar-refractivity contribution < 1.29 is 14.3 Å². The molecule has 0 radical (unpaired) electrons. The van der Waals surface area contributed by atoms with Crippen molar-refractivity contribution >= 4 is 34.8 Å². The SMILES string of the molecule is CC(=O)Nc1cccc(NC(=O)C(C)(C)Oc2ccc(Cl)cc2)c1. The highest BCUT2D eigenvalue weighted by Crippen LogP contribution is 2.23. The maximum atomic E-state index is 12.5. The molecule has 6 heteroatoms. The minimum atomic E-state index is -1.09. The second-order valence-electron chi connectivity index (χ2n) is 5.78. The first-order valence-corrected chi connectivity index (χ1v) is 7.78. The molecule has 2 aromatic rings. The number of carbonyl (C=O) groups is 2. The number of benzene rings is 2. The van der Waals surface area contributed by atoms with Crippen LogP contribution in [0.15, 0.2) is 48.5 Å². The van der Waals surface area contributed by atoms with Gasteiger partial charge in [-0.1, -0.05) is 17.7 Å². The lowest BCUT2D eigenvalue weighted by Gasteiger charge is -2.25. The molecule has 2 amide bonds. The van der Waals surface area contributed by atoms with E-state index in [4.69, 9.17) is 16.3 Å². The van der Waals surface area contributed by atoms with Gasteiger partial charge < -0.3 is 15.4 Å². The van der Waals surface area contributed by atoms with Gasteiger partial charge in [-0.15, -0.1) is 0 Å². The predicted octanol–water partition coefficient (Wildman–Crippen LogP) is 4.09. The van der Waals surface area contributed by atoms with Crippen LogP contribution < -0.4 is 15.4 Å². The van der Waals surface area contributed by atoms with Crippen molar-refractivity contribution in [2.75, 3.05) is 10.6 Å². The summed E-state index contributed by atoms with van der Waals surface area (Å²) in [4.78, 5) is 23.6. The fourth-order valence-electron chi connectivity index (χ4n) is 2.00. The Bertz CT molecular complexity index is 742. The largest absolute Gasteiger partial charge is 0.478 e. The zero-order chi connectivity index (χ0) is 17.7. The van der Waals surface area contributed by atoms with Crippen LogP contribution in [0.4, 0.5) is 11.4 Å². The smallest absolute Gasteiger partial charge is 0.267 e. The monoisotopic (exact) mass is 346 g/mol. The number of amides is 2. The lowest BCUT2D eigenvalue weighted by Crippen LogP contribution is -2.42. The predicted molar refractivity (Wildman–Crippen MR) is 95.5 cm³/mol. The molecule has 0 aliphatic carbocycles. The molecule has 5 nitrogen and oxygen atoms in total. The summed E-state index contributed by atoms with van der Waals surface area (Å²) in [6.45, 7) is 4.78. The first kappa shape index (κ1) is 17.8. The molecule has 0 saturated heterocycles. The Kier molecular flexibility index (Phi) is 5.46. The van der Waals surface area contributed by atoms with Gasteiger partial charge in [-0.05, 0) is 56.3 Å². The van der Waals surface area contributed by atoms with E-state index in [0.717, 1.165) is 0 Å². The lowest BCUT2D eigenvalue weighted by molar-refractivity contribution is -0.128. The van der Waals surface area contributed by atoms with Gasteiger partial charge in [0, 0.05) is 23.3 Å². The fraction of sp³-hybridized carbons (Fsp3) is 0.222. The second kappa shape index (κ2) is 7.36. The number of anilines is 2. The van der Waals surface area contributed by atoms with Gasteiger partial charge in [0.25, 0.3) is 5.91 Å². The quantitative estimate of drug-likeness (QED) is 0.856. The summed E-state index contributed by atoms with van der Waals surface area (Å²) in [5.41, 5.74) is 0.0911. The summed E-state index contributed by atoms with van der Waals surface area (Å²) in [5, 5.41) is 6.05. The third kappa shape index (κ3) is 4.99. The first-order valence-electron chi connectivity index (χ1n) is 7.40. The van der Waals surface area contributed by atoms with Crippen LogP contribution in [-0.4, -0.2) is 17.4 Å². The van der Waals surface area contributed by atoms with Crippen molar-refractivity contribution in [2.45, 2.75) is 26.4 Å². The van der Waals surface area contributed by atoms with Crippen LogP contribution in [-0.2, 0) is 9.59 Å². The van der Waals surface area contributed by atoms with E-state index >= 15 is 0 Å². The second-order valence-corrected chi connectivity index (χ2v) is 6.22. The average Bonchev–Trinajstić information content (AvgIpc) is 2.49. The van der Waals surface area contributed by atoms with Crippen molar-refractivity contribution in [3.63, 3.8) is 0 Å². The summed E-state index contributed by atoms with van der Waals surface area (Å²) in [5.74, 6) is 0.0638. The first-order chi connectivity index (χ1) is 11.3. The lowest BCUT2D eigenvalue weighted by atomic mass is 10.1. The molecule has 0 fully saturated rings. The highest BCUT2D eigenvalue weighted by molar-refractivity contribution is 6.30. The number of hydrogen-bond acceptors (Lipinski definition) is 3. The van der Waals surface area contributed by atoms with Crippen LogP contribution in [0.1, 0.15) is 20.8 Å². The number of hydrogen-bond donors (Lipinski definition) is 2. The zero-order valence-electron chi connectivity index (χ0n) is 13.7. The molecular formula is C18H19ClN2O3. The summed E-state index contributed by atoms with van der Waals surface area (Å²) in [6, 6.07) is 13.7. The van der Waals surface area contributed by atoms with Gasteiger partial charge in [0.15, 0.2) is 5.60 Å². The molecule has 0 unspecified atom stereocenters. The van der Waals surface area contributed by atoms with Crippen molar-refractivity contribution in [2.24, 2.45) is 0 Å². The molecule has 0 bridgehead atoms. The van der Waals surface area contributed by atoms with Gasteiger partial charge in [-0.25, -0.2) is 0 Å². The van der Waals surface area contributed by atoms with E-state index in [0.29, 0.717) is 22.1 Å². The van der Waals surface area contributed by atoms with Gasteiger partial charge in [-0.3, -0.25) is 9.59 Å². The molecule has 0 aromatic heterocycles. The Morgan fingerprint density at radius 2 is 1.58 bits per heavy atom. The van der Waals surface area contributed by atoms with Gasteiger partial charge in [-0.2, -0.15) is 0 Å². The number of halogens is 1. The molecular weight excluding hydrogens is 328 g/mol. The maximum Gasteiger partial charge on any atom is 0.267 e. The summed E-state index contributed by atoms with van der Waals surface area (Å²) in [7, 11) is 0. The molecule has 0 atom stereocenters. The number of ether oxygens (including phenoxy) is 1. The van der Waals surface area contributed by atoms with Crippen molar-refractivity contribution in [1.82, 2.24) is 0 Å². The Morgan fingerprint density at radius 1 is 1.00 bits per heavy atom. The molecule has 2 N–H and O–H groups in total. The third-order valence-corrected chi connectivity index (χ3v) is 3.43. The minimum absolute atomic E-state index is 0.176. The molecule has 24 heavy (non-hydrogen) atoms. The Labute approximate surface area is 146 Å². The molecule has 2 rings (SSSR count). The van der Waals surface area contributed by atoms with Crippen LogP contribution in [0, 0.1) is 0 Å². The Hall–Kier alpha value is -2.53. The summed E-state index contributed by atoms with van der Waals surface area (Å²) >= 11 is 5.84. The number of carbonyl (C=O) groups excluding carboxylic acids is 2. The third-order valence-electron chi connectivity index (χ3n) is 3.17. The molecule has 0 heterocycles. The Balaban J connectivity index is 2.07. The van der Waals surface area contributed by atoms with E-state index in [9.17, 15) is 9.59 Å². The minimum Gasteiger partial charge on any atom is -0.478 e. The van der Waals surface area contributed by atoms with Gasteiger partial charge in [0.05, 0.1) is 0 Å². The van der Waals surface area contributed by atoms with Crippen LogP contribution >= 0.6 is 11.6 Å².